The summed E-state index contributed by atoms with van der Waals surface area (Å²) in [4.78, 5) is 0. The highest BCUT2D eigenvalue weighted by Crippen LogP contribution is 2.33. The van der Waals surface area contributed by atoms with Gasteiger partial charge >= 0.3 is 0 Å². The molecule has 4 aromatic carbocycles. The van der Waals surface area contributed by atoms with Gasteiger partial charge in [0, 0.05) is 5.39 Å². The van der Waals surface area contributed by atoms with Gasteiger partial charge in [-0.3, -0.25) is 0 Å². The molecule has 0 aliphatic rings. The summed E-state index contributed by atoms with van der Waals surface area (Å²) in [7, 11) is 0. The average molecular weight is 286 g/mol. The molecule has 0 aliphatic heterocycles. The summed E-state index contributed by atoms with van der Waals surface area (Å²) >= 11 is 0. The number of benzene rings is 4. The minimum atomic E-state index is 0.233. The molecule has 0 fully saturated rings. The highest BCUT2D eigenvalue weighted by Gasteiger charge is 2.05. The van der Waals surface area contributed by atoms with Gasteiger partial charge in [0.15, 0.2) is 0 Å². The predicted molar refractivity (Wildman–Crippen MR) is 89.6 cm³/mol. The van der Waals surface area contributed by atoms with Crippen molar-refractivity contribution in [1.29, 1.82) is 0 Å². The van der Waals surface area contributed by atoms with Crippen LogP contribution in [-0.4, -0.2) is 5.11 Å². The van der Waals surface area contributed by atoms with Gasteiger partial charge in [-0.1, -0.05) is 36.4 Å². The van der Waals surface area contributed by atoms with E-state index in [0.29, 0.717) is 5.75 Å². The van der Waals surface area contributed by atoms with Gasteiger partial charge in [-0.25, -0.2) is 0 Å². The van der Waals surface area contributed by atoms with Crippen molar-refractivity contribution in [2.75, 3.05) is 0 Å². The van der Waals surface area contributed by atoms with Gasteiger partial charge in [-0.2, -0.15) is 0 Å². The van der Waals surface area contributed by atoms with Crippen LogP contribution < -0.4 is 4.74 Å². The van der Waals surface area contributed by atoms with Gasteiger partial charge in [0.05, 0.1) is 0 Å². The predicted octanol–water partition coefficient (Wildman–Crippen LogP) is 5.49. The van der Waals surface area contributed by atoms with E-state index in [9.17, 15) is 5.11 Å². The summed E-state index contributed by atoms with van der Waals surface area (Å²) < 4.78 is 5.98. The molecule has 0 atom stereocenters. The topological polar surface area (TPSA) is 29.5 Å². The number of rotatable bonds is 2. The molecule has 2 heteroatoms. The largest absolute Gasteiger partial charge is 0.508 e. The Morgan fingerprint density at radius 1 is 0.636 bits per heavy atom. The molecule has 4 rings (SSSR count). The monoisotopic (exact) mass is 286 g/mol. The smallest absolute Gasteiger partial charge is 0.135 e. The summed E-state index contributed by atoms with van der Waals surface area (Å²) in [5.41, 5.74) is 0. The van der Waals surface area contributed by atoms with Gasteiger partial charge < -0.3 is 9.84 Å². The van der Waals surface area contributed by atoms with Crippen LogP contribution >= 0.6 is 0 Å². The molecule has 1 N–H and O–H groups in total. The number of aromatic hydroxyl groups is 1. The minimum Gasteiger partial charge on any atom is -0.508 e. The van der Waals surface area contributed by atoms with Crippen molar-refractivity contribution in [2.45, 2.75) is 0 Å². The molecule has 0 unspecified atom stereocenters. The summed E-state index contributed by atoms with van der Waals surface area (Å²) in [5.74, 6) is 1.75. The molecule has 0 saturated heterocycles. The average Bonchev–Trinajstić information content (AvgIpc) is 2.55. The van der Waals surface area contributed by atoms with E-state index in [2.05, 4.69) is 30.3 Å². The van der Waals surface area contributed by atoms with E-state index >= 15 is 0 Å². The number of hydrogen-bond acceptors (Lipinski definition) is 2. The zero-order valence-corrected chi connectivity index (χ0v) is 11.9. The van der Waals surface area contributed by atoms with E-state index < -0.39 is 0 Å². The second-order valence-electron chi connectivity index (χ2n) is 5.27. The Morgan fingerprint density at radius 3 is 2.09 bits per heavy atom. The van der Waals surface area contributed by atoms with E-state index in [1.165, 1.54) is 10.8 Å². The first kappa shape index (κ1) is 12.7. The molecular formula is C20H14O2. The Kier molecular flexibility index (Phi) is 2.94. The van der Waals surface area contributed by atoms with Crippen LogP contribution in [-0.2, 0) is 0 Å². The summed E-state index contributed by atoms with van der Waals surface area (Å²) in [6, 6.07) is 25.4. The van der Waals surface area contributed by atoms with Crippen LogP contribution in [0.15, 0.2) is 78.9 Å². The van der Waals surface area contributed by atoms with Crippen molar-refractivity contribution in [3.8, 4) is 17.2 Å². The number of hydrogen-bond donors (Lipinski definition) is 1. The van der Waals surface area contributed by atoms with Gasteiger partial charge in [-0.05, 0) is 58.6 Å². The molecule has 0 aliphatic carbocycles. The molecule has 0 saturated carbocycles. The van der Waals surface area contributed by atoms with Crippen LogP contribution in [0.3, 0.4) is 0 Å². The molecule has 2 nitrogen and oxygen atoms in total. The maximum atomic E-state index is 9.36. The Balaban J connectivity index is 1.86. The van der Waals surface area contributed by atoms with Gasteiger partial charge in [0.2, 0.25) is 0 Å². The summed E-state index contributed by atoms with van der Waals surface area (Å²) in [5, 5.41) is 14.0. The highest BCUT2D eigenvalue weighted by molar-refractivity contribution is 6.00. The van der Waals surface area contributed by atoms with E-state index in [1.54, 1.807) is 24.3 Å². The fraction of sp³-hybridized carbons (Fsp3) is 0. The SMILES string of the molecule is Oc1ccc(Oc2cccc3cc4ccccc4cc23)cc1. The Morgan fingerprint density at radius 2 is 1.32 bits per heavy atom. The molecule has 4 aromatic rings. The van der Waals surface area contributed by atoms with Crippen molar-refractivity contribution in [1.82, 2.24) is 0 Å². The number of fused-ring (bicyclic) bond motifs is 2. The quantitative estimate of drug-likeness (QED) is 0.494. The van der Waals surface area contributed by atoms with Crippen LogP contribution in [0.4, 0.5) is 0 Å². The third kappa shape index (κ3) is 2.25. The highest BCUT2D eigenvalue weighted by atomic mass is 16.5. The number of phenols is 1. The first-order chi connectivity index (χ1) is 10.8. The lowest BCUT2D eigenvalue weighted by Gasteiger charge is -2.10. The molecule has 0 amide bonds. The van der Waals surface area contributed by atoms with Crippen LogP contribution in [0.5, 0.6) is 17.2 Å². The molecule has 0 bridgehead atoms. The third-order valence-corrected chi connectivity index (χ3v) is 3.77. The van der Waals surface area contributed by atoms with Gasteiger partial charge in [0.1, 0.15) is 17.2 Å². The van der Waals surface area contributed by atoms with Crippen LogP contribution in [0.1, 0.15) is 0 Å². The standard InChI is InChI=1S/C20H14O2/c21-17-8-10-18(11-9-17)22-20-7-3-6-16-12-14-4-1-2-5-15(14)13-19(16)20/h1-13,21H. The van der Waals surface area contributed by atoms with Crippen molar-refractivity contribution >= 4 is 21.5 Å². The van der Waals surface area contributed by atoms with Crippen molar-refractivity contribution in [2.24, 2.45) is 0 Å². The van der Waals surface area contributed by atoms with E-state index in [0.717, 1.165) is 16.5 Å². The van der Waals surface area contributed by atoms with Crippen molar-refractivity contribution in [3.63, 3.8) is 0 Å². The molecule has 22 heavy (non-hydrogen) atoms. The fourth-order valence-electron chi connectivity index (χ4n) is 2.67. The van der Waals surface area contributed by atoms with Gasteiger partial charge in [-0.15, -0.1) is 0 Å². The molecule has 0 spiro atoms. The normalized spacial score (nSPS) is 10.9. The minimum absolute atomic E-state index is 0.233. The summed E-state index contributed by atoms with van der Waals surface area (Å²) in [6.45, 7) is 0. The first-order valence-electron chi connectivity index (χ1n) is 7.18. The van der Waals surface area contributed by atoms with Crippen LogP contribution in [0, 0.1) is 0 Å². The fourth-order valence-corrected chi connectivity index (χ4v) is 2.67. The van der Waals surface area contributed by atoms with E-state index in [-0.39, 0.29) is 5.75 Å². The number of phenolic OH excluding ortho intramolecular Hbond substituents is 1. The Labute approximate surface area is 128 Å². The van der Waals surface area contributed by atoms with Crippen molar-refractivity contribution < 1.29 is 9.84 Å². The Bertz CT molecular complexity index is 956. The second kappa shape index (κ2) is 5.08. The zero-order valence-electron chi connectivity index (χ0n) is 11.9. The number of ether oxygens (including phenoxy) is 1. The molecule has 0 heterocycles. The van der Waals surface area contributed by atoms with E-state index in [4.69, 9.17) is 4.74 Å². The first-order valence-corrected chi connectivity index (χ1v) is 7.18. The molecule has 0 radical (unpaired) electrons. The van der Waals surface area contributed by atoms with Crippen LogP contribution in [0.25, 0.3) is 21.5 Å². The lowest BCUT2D eigenvalue weighted by molar-refractivity contribution is 0.466. The molecule has 106 valence electrons. The summed E-state index contributed by atoms with van der Waals surface area (Å²) in [6.07, 6.45) is 0. The van der Waals surface area contributed by atoms with Crippen LogP contribution in [0.2, 0.25) is 0 Å². The maximum Gasteiger partial charge on any atom is 0.135 e. The zero-order chi connectivity index (χ0) is 14.9. The Hall–Kier alpha value is -3.00. The third-order valence-electron chi connectivity index (χ3n) is 3.77. The molecule has 0 aromatic heterocycles. The lowest BCUT2D eigenvalue weighted by atomic mass is 10.0. The second-order valence-corrected chi connectivity index (χ2v) is 5.27. The molecular weight excluding hydrogens is 272 g/mol. The van der Waals surface area contributed by atoms with Crippen molar-refractivity contribution in [3.05, 3.63) is 78.9 Å². The van der Waals surface area contributed by atoms with Gasteiger partial charge in [0.25, 0.3) is 0 Å². The van der Waals surface area contributed by atoms with E-state index in [1.807, 2.05) is 24.3 Å². The maximum absolute atomic E-state index is 9.36. The lowest BCUT2D eigenvalue weighted by Crippen LogP contribution is -1.86.